The lowest BCUT2D eigenvalue weighted by Crippen LogP contribution is -2.42. The van der Waals surface area contributed by atoms with Gasteiger partial charge in [-0.25, -0.2) is 4.79 Å². The van der Waals surface area contributed by atoms with Crippen molar-refractivity contribution in [3.8, 4) is 5.75 Å². The van der Waals surface area contributed by atoms with Gasteiger partial charge in [-0.05, 0) is 22.4 Å². The maximum atomic E-state index is 12.4. The smallest absolute Gasteiger partial charge is 0.405 e. The van der Waals surface area contributed by atoms with Gasteiger partial charge >= 0.3 is 12.2 Å². The van der Waals surface area contributed by atoms with E-state index in [2.05, 4.69) is 5.32 Å². The molecule has 0 spiro atoms. The maximum absolute atomic E-state index is 12.4. The van der Waals surface area contributed by atoms with E-state index in [0.717, 1.165) is 5.39 Å². The quantitative estimate of drug-likeness (QED) is 0.630. The Morgan fingerprint density at radius 3 is 2.33 bits per heavy atom. The Bertz CT molecular complexity index is 943. The van der Waals surface area contributed by atoms with Crippen LogP contribution < -0.4 is 10.6 Å². The average molecular weight is 374 g/mol. The van der Waals surface area contributed by atoms with Gasteiger partial charge in [-0.2, -0.15) is 13.2 Å². The highest BCUT2D eigenvalue weighted by molar-refractivity contribution is 5.89. The highest BCUT2D eigenvalue weighted by Crippen LogP contribution is 2.35. The highest BCUT2D eigenvalue weighted by atomic mass is 19.4. The van der Waals surface area contributed by atoms with Crippen molar-refractivity contribution in [2.75, 3.05) is 6.54 Å². The van der Waals surface area contributed by atoms with Crippen molar-refractivity contribution >= 4 is 16.8 Å². The first kappa shape index (κ1) is 18.6. The predicted octanol–water partition coefficient (Wildman–Crippen LogP) is 4.50. The molecule has 3 aromatic rings. The number of nitrogens with one attached hydrogen (secondary N) is 2. The Labute approximate surface area is 153 Å². The number of aromatic hydroxyl groups is 1. The van der Waals surface area contributed by atoms with Gasteiger partial charge in [-0.3, -0.25) is 0 Å². The molecule has 7 heteroatoms. The summed E-state index contributed by atoms with van der Waals surface area (Å²) >= 11 is 0. The molecule has 1 unspecified atom stereocenters. The van der Waals surface area contributed by atoms with Crippen LogP contribution in [0.15, 0.2) is 66.7 Å². The second-order valence-electron chi connectivity index (χ2n) is 6.01. The number of rotatable bonds is 4. The second kappa shape index (κ2) is 7.57. The maximum Gasteiger partial charge on any atom is 0.405 e. The summed E-state index contributed by atoms with van der Waals surface area (Å²) in [5.74, 6) is -0.0568. The molecule has 0 aliphatic rings. The molecule has 4 nitrogen and oxygen atoms in total. The second-order valence-corrected chi connectivity index (χ2v) is 6.01. The van der Waals surface area contributed by atoms with E-state index in [1.807, 2.05) is 12.1 Å². The zero-order chi connectivity index (χ0) is 19.4. The molecule has 0 heterocycles. The Balaban J connectivity index is 2.02. The molecule has 0 bridgehead atoms. The predicted molar refractivity (Wildman–Crippen MR) is 96.5 cm³/mol. The van der Waals surface area contributed by atoms with Crippen LogP contribution in [0, 0.1) is 0 Å². The Hall–Kier alpha value is -3.22. The lowest BCUT2D eigenvalue weighted by molar-refractivity contribution is -0.122. The molecule has 0 radical (unpaired) electrons. The highest BCUT2D eigenvalue weighted by Gasteiger charge is 2.29. The molecule has 3 N–H and O–H groups in total. The van der Waals surface area contributed by atoms with Gasteiger partial charge < -0.3 is 15.7 Å². The number of carbonyl (C=O) groups is 1. The van der Waals surface area contributed by atoms with Crippen LogP contribution >= 0.6 is 0 Å². The molecular formula is C20H17F3N2O2. The average Bonchev–Trinajstić information content (AvgIpc) is 2.65. The van der Waals surface area contributed by atoms with Crippen LogP contribution in [0.4, 0.5) is 18.0 Å². The van der Waals surface area contributed by atoms with Gasteiger partial charge in [-0.15, -0.1) is 0 Å². The van der Waals surface area contributed by atoms with Gasteiger partial charge in [-0.1, -0.05) is 60.7 Å². The minimum atomic E-state index is -4.51. The normalized spacial score (nSPS) is 12.6. The number of phenolic OH excluding ortho intramolecular Hbond substituents is 1. The fourth-order valence-electron chi connectivity index (χ4n) is 2.92. The molecule has 0 fully saturated rings. The number of amides is 2. The van der Waals surface area contributed by atoms with Crippen molar-refractivity contribution in [1.82, 2.24) is 10.6 Å². The van der Waals surface area contributed by atoms with Crippen molar-refractivity contribution in [2.45, 2.75) is 12.2 Å². The molecule has 0 aromatic heterocycles. The molecule has 140 valence electrons. The van der Waals surface area contributed by atoms with E-state index in [1.54, 1.807) is 53.8 Å². The molecule has 0 aliphatic heterocycles. The number of urea groups is 1. The third-order valence-corrected chi connectivity index (χ3v) is 4.09. The summed E-state index contributed by atoms with van der Waals surface area (Å²) < 4.78 is 37.2. The van der Waals surface area contributed by atoms with Gasteiger partial charge in [0.15, 0.2) is 0 Å². The SMILES string of the molecule is O=C(NCC(F)(F)F)NC(c1ccccc1)c1c(O)ccc2ccccc12. The van der Waals surface area contributed by atoms with Crippen LogP contribution in [0.2, 0.25) is 0 Å². The third-order valence-electron chi connectivity index (χ3n) is 4.09. The van der Waals surface area contributed by atoms with E-state index in [1.165, 1.54) is 6.07 Å². The molecule has 2 amide bonds. The summed E-state index contributed by atoms with van der Waals surface area (Å²) in [5, 5.41) is 16.3. The van der Waals surface area contributed by atoms with Crippen LogP contribution in [0.5, 0.6) is 5.75 Å². The number of carbonyl (C=O) groups excluding carboxylic acids is 1. The first-order valence-electron chi connectivity index (χ1n) is 8.22. The zero-order valence-electron chi connectivity index (χ0n) is 14.1. The minimum absolute atomic E-state index is 0.0568. The fraction of sp³-hybridized carbons (Fsp3) is 0.150. The molecule has 0 saturated heterocycles. The van der Waals surface area contributed by atoms with Crippen molar-refractivity contribution in [1.29, 1.82) is 0 Å². The van der Waals surface area contributed by atoms with Crippen molar-refractivity contribution in [2.24, 2.45) is 0 Å². The van der Waals surface area contributed by atoms with Crippen LogP contribution in [0.25, 0.3) is 10.8 Å². The molecular weight excluding hydrogens is 357 g/mol. The topological polar surface area (TPSA) is 61.4 Å². The van der Waals surface area contributed by atoms with E-state index in [4.69, 9.17) is 0 Å². The number of alkyl halides is 3. The largest absolute Gasteiger partial charge is 0.508 e. The van der Waals surface area contributed by atoms with Gasteiger partial charge in [0.2, 0.25) is 0 Å². The lowest BCUT2D eigenvalue weighted by atomic mass is 9.93. The first-order valence-corrected chi connectivity index (χ1v) is 8.22. The molecule has 0 aliphatic carbocycles. The van der Waals surface area contributed by atoms with Crippen LogP contribution in [-0.4, -0.2) is 23.9 Å². The summed E-state index contributed by atoms with van der Waals surface area (Å²) in [6.45, 7) is -1.44. The number of hydrogen-bond donors (Lipinski definition) is 3. The summed E-state index contributed by atoms with van der Waals surface area (Å²) in [5.41, 5.74) is 1.05. The Morgan fingerprint density at radius 1 is 0.963 bits per heavy atom. The number of halogens is 3. The zero-order valence-corrected chi connectivity index (χ0v) is 14.1. The minimum Gasteiger partial charge on any atom is -0.508 e. The van der Waals surface area contributed by atoms with Gasteiger partial charge in [0.1, 0.15) is 12.3 Å². The number of hydrogen-bond acceptors (Lipinski definition) is 2. The molecule has 3 aromatic carbocycles. The Morgan fingerprint density at radius 2 is 1.63 bits per heavy atom. The first-order chi connectivity index (χ1) is 12.8. The van der Waals surface area contributed by atoms with Gasteiger partial charge in [0.05, 0.1) is 6.04 Å². The van der Waals surface area contributed by atoms with E-state index in [-0.39, 0.29) is 5.75 Å². The van der Waals surface area contributed by atoms with Crippen LogP contribution in [-0.2, 0) is 0 Å². The summed E-state index contributed by atoms with van der Waals surface area (Å²) in [4.78, 5) is 12.1. The Kier molecular flexibility index (Phi) is 5.21. The van der Waals surface area contributed by atoms with E-state index < -0.39 is 24.8 Å². The standard InChI is InChI=1S/C20H17F3N2O2/c21-20(22,23)12-24-19(27)25-18(14-7-2-1-3-8-14)17-15-9-5-4-6-13(15)10-11-16(17)26/h1-11,18,26H,12H2,(H2,24,25,27). The van der Waals surface area contributed by atoms with Gasteiger partial charge in [0.25, 0.3) is 0 Å². The summed E-state index contributed by atoms with van der Waals surface area (Å²) in [7, 11) is 0. The van der Waals surface area contributed by atoms with E-state index in [0.29, 0.717) is 16.5 Å². The van der Waals surface area contributed by atoms with Gasteiger partial charge in [0, 0.05) is 5.56 Å². The monoisotopic (exact) mass is 374 g/mol. The number of phenols is 1. The molecule has 1 atom stereocenters. The summed E-state index contributed by atoms with van der Waals surface area (Å²) in [6, 6.07) is 17.4. The number of benzene rings is 3. The fourth-order valence-corrected chi connectivity index (χ4v) is 2.92. The van der Waals surface area contributed by atoms with Crippen LogP contribution in [0.1, 0.15) is 17.2 Å². The lowest BCUT2D eigenvalue weighted by Gasteiger charge is -2.23. The van der Waals surface area contributed by atoms with Crippen molar-refractivity contribution in [3.63, 3.8) is 0 Å². The molecule has 27 heavy (non-hydrogen) atoms. The molecule has 0 saturated carbocycles. The summed E-state index contributed by atoms with van der Waals surface area (Å²) in [6.07, 6.45) is -4.51. The van der Waals surface area contributed by atoms with Crippen molar-refractivity contribution < 1.29 is 23.1 Å². The van der Waals surface area contributed by atoms with E-state index >= 15 is 0 Å². The van der Waals surface area contributed by atoms with E-state index in [9.17, 15) is 23.1 Å². The number of fused-ring (bicyclic) bond motifs is 1. The van der Waals surface area contributed by atoms with Crippen molar-refractivity contribution in [3.05, 3.63) is 77.9 Å². The molecule has 3 rings (SSSR count). The third kappa shape index (κ3) is 4.49. The van der Waals surface area contributed by atoms with Crippen LogP contribution in [0.3, 0.4) is 0 Å².